The van der Waals surface area contributed by atoms with Crippen LogP contribution >= 0.6 is 27.3 Å². The molecule has 1 aromatic carbocycles. The van der Waals surface area contributed by atoms with Crippen molar-refractivity contribution >= 4 is 39.1 Å². The van der Waals surface area contributed by atoms with Gasteiger partial charge in [0.15, 0.2) is 0 Å². The minimum absolute atomic E-state index is 0.104. The fourth-order valence-corrected chi connectivity index (χ4v) is 4.63. The van der Waals surface area contributed by atoms with E-state index < -0.39 is 12.1 Å². The zero-order valence-electron chi connectivity index (χ0n) is 14.4. The van der Waals surface area contributed by atoms with Gasteiger partial charge in [-0.15, -0.1) is 11.3 Å². The Kier molecular flexibility index (Phi) is 6.45. The highest BCUT2D eigenvalue weighted by Gasteiger charge is 2.36. The monoisotopic (exact) mass is 435 g/mol. The van der Waals surface area contributed by atoms with Crippen molar-refractivity contribution in [3.8, 4) is 0 Å². The third-order valence-electron chi connectivity index (χ3n) is 4.52. The van der Waals surface area contributed by atoms with Crippen LogP contribution in [0.4, 0.5) is 0 Å². The first-order chi connectivity index (χ1) is 12.5. The van der Waals surface area contributed by atoms with Crippen molar-refractivity contribution in [1.82, 2.24) is 10.2 Å². The lowest BCUT2D eigenvalue weighted by Gasteiger charge is -2.26. The molecule has 0 saturated carbocycles. The van der Waals surface area contributed by atoms with Gasteiger partial charge in [0.05, 0.1) is 16.4 Å². The Hall–Kier alpha value is -1.70. The number of hydrogen-bond acceptors (Lipinski definition) is 4. The number of amides is 2. The van der Waals surface area contributed by atoms with Gasteiger partial charge in [0.25, 0.3) is 0 Å². The number of halogens is 1. The molecule has 3 N–H and O–H groups in total. The highest BCUT2D eigenvalue weighted by atomic mass is 79.9. The molecular weight excluding hydrogens is 414 g/mol. The zero-order chi connectivity index (χ0) is 18.5. The molecule has 1 fully saturated rings. The summed E-state index contributed by atoms with van der Waals surface area (Å²) in [4.78, 5) is 28.0. The van der Waals surface area contributed by atoms with E-state index in [-0.39, 0.29) is 11.8 Å². The first kappa shape index (κ1) is 19.1. The van der Waals surface area contributed by atoms with Crippen molar-refractivity contribution in [2.45, 2.75) is 37.9 Å². The zero-order valence-corrected chi connectivity index (χ0v) is 16.8. The van der Waals surface area contributed by atoms with Gasteiger partial charge in [0.2, 0.25) is 11.8 Å². The van der Waals surface area contributed by atoms with Gasteiger partial charge in [0.1, 0.15) is 6.04 Å². The van der Waals surface area contributed by atoms with Gasteiger partial charge in [-0.3, -0.25) is 9.59 Å². The van der Waals surface area contributed by atoms with Crippen molar-refractivity contribution in [2.75, 3.05) is 6.54 Å². The molecule has 1 aromatic heterocycles. The second-order valence-electron chi connectivity index (χ2n) is 6.41. The van der Waals surface area contributed by atoms with Gasteiger partial charge in [-0.1, -0.05) is 30.3 Å². The molecule has 26 heavy (non-hydrogen) atoms. The van der Waals surface area contributed by atoms with E-state index >= 15 is 0 Å². The molecule has 0 unspecified atom stereocenters. The summed E-state index contributed by atoms with van der Waals surface area (Å²) in [5.41, 5.74) is 7.16. The third kappa shape index (κ3) is 4.72. The summed E-state index contributed by atoms with van der Waals surface area (Å²) in [7, 11) is 0. The maximum atomic E-state index is 12.8. The van der Waals surface area contributed by atoms with E-state index in [0.29, 0.717) is 25.9 Å². The molecule has 2 amide bonds. The fraction of sp³-hybridized carbons (Fsp3) is 0.368. The van der Waals surface area contributed by atoms with E-state index in [2.05, 4.69) is 21.2 Å². The molecule has 0 aliphatic carbocycles. The number of carbonyl (C=O) groups is 2. The van der Waals surface area contributed by atoms with Crippen molar-refractivity contribution in [3.05, 3.63) is 56.7 Å². The fourth-order valence-electron chi connectivity index (χ4n) is 3.21. The molecule has 0 radical (unpaired) electrons. The molecule has 138 valence electrons. The maximum absolute atomic E-state index is 12.8. The van der Waals surface area contributed by atoms with Crippen LogP contribution in [-0.2, 0) is 22.6 Å². The molecule has 5 nitrogen and oxygen atoms in total. The number of carbonyl (C=O) groups excluding carboxylic acids is 2. The Morgan fingerprint density at radius 2 is 2.04 bits per heavy atom. The first-order valence-corrected chi connectivity index (χ1v) is 10.3. The van der Waals surface area contributed by atoms with Gasteiger partial charge in [-0.25, -0.2) is 0 Å². The summed E-state index contributed by atoms with van der Waals surface area (Å²) in [6.45, 7) is 1.06. The van der Waals surface area contributed by atoms with Crippen LogP contribution in [0, 0.1) is 0 Å². The Morgan fingerprint density at radius 1 is 1.27 bits per heavy atom. The predicted molar refractivity (Wildman–Crippen MR) is 107 cm³/mol. The van der Waals surface area contributed by atoms with Crippen molar-refractivity contribution in [3.63, 3.8) is 0 Å². The Labute approximate surface area is 165 Å². The van der Waals surface area contributed by atoms with Gasteiger partial charge < -0.3 is 16.0 Å². The molecule has 2 heterocycles. The smallest absolute Gasteiger partial charge is 0.243 e. The van der Waals surface area contributed by atoms with Crippen molar-refractivity contribution in [1.29, 1.82) is 0 Å². The largest absolute Gasteiger partial charge is 0.349 e. The second kappa shape index (κ2) is 8.79. The standard InChI is InChI=1S/C19H22BrN3O2S/c20-17-9-8-14(26-17)12-22-18(24)16-7-4-10-23(16)19(25)15(21)11-13-5-2-1-3-6-13/h1-3,5-6,8-9,15-16H,4,7,10-12,21H2,(H,22,24)/t15-,16+/m1/s1. The van der Waals surface area contributed by atoms with Crippen LogP contribution in [0.2, 0.25) is 0 Å². The Bertz CT molecular complexity index is 765. The highest BCUT2D eigenvalue weighted by molar-refractivity contribution is 9.11. The normalized spacial score (nSPS) is 17.9. The number of benzene rings is 1. The summed E-state index contributed by atoms with van der Waals surface area (Å²) in [6, 6.07) is 12.6. The van der Waals surface area contributed by atoms with E-state index in [1.807, 2.05) is 42.5 Å². The molecule has 1 saturated heterocycles. The third-order valence-corrected chi connectivity index (χ3v) is 6.14. The van der Waals surface area contributed by atoms with Crippen LogP contribution in [0.25, 0.3) is 0 Å². The van der Waals surface area contributed by atoms with Gasteiger partial charge in [-0.05, 0) is 52.9 Å². The Balaban J connectivity index is 1.57. The molecule has 2 aromatic rings. The topological polar surface area (TPSA) is 75.4 Å². The number of rotatable bonds is 6. The minimum atomic E-state index is -0.626. The molecule has 7 heteroatoms. The average molecular weight is 436 g/mol. The molecule has 3 rings (SSSR count). The number of nitrogens with two attached hydrogens (primary N) is 1. The molecule has 1 aliphatic heterocycles. The Morgan fingerprint density at radius 3 is 2.73 bits per heavy atom. The number of hydrogen-bond donors (Lipinski definition) is 2. The van der Waals surface area contributed by atoms with Crippen LogP contribution in [-0.4, -0.2) is 35.3 Å². The van der Waals surface area contributed by atoms with Crippen molar-refractivity contribution < 1.29 is 9.59 Å². The SMILES string of the molecule is N[C@H](Cc1ccccc1)C(=O)N1CCC[C@H]1C(=O)NCc1ccc(Br)s1. The summed E-state index contributed by atoms with van der Waals surface area (Å²) in [5.74, 6) is -0.252. The number of likely N-dealkylation sites (tertiary alicyclic amines) is 1. The average Bonchev–Trinajstić information content (AvgIpc) is 3.29. The lowest BCUT2D eigenvalue weighted by atomic mass is 10.1. The quantitative estimate of drug-likeness (QED) is 0.731. The second-order valence-corrected chi connectivity index (χ2v) is 8.96. The molecule has 1 aliphatic rings. The van der Waals surface area contributed by atoms with E-state index in [0.717, 1.165) is 20.6 Å². The number of nitrogens with zero attached hydrogens (tertiary/aromatic N) is 1. The van der Waals surface area contributed by atoms with Crippen LogP contribution < -0.4 is 11.1 Å². The maximum Gasteiger partial charge on any atom is 0.243 e. The molecule has 2 atom stereocenters. The lowest BCUT2D eigenvalue weighted by Crippen LogP contribution is -2.51. The summed E-state index contributed by atoms with van der Waals surface area (Å²) < 4.78 is 1.03. The van der Waals surface area contributed by atoms with E-state index in [1.165, 1.54) is 0 Å². The minimum Gasteiger partial charge on any atom is -0.349 e. The first-order valence-electron chi connectivity index (χ1n) is 8.66. The van der Waals surface area contributed by atoms with Crippen LogP contribution in [0.3, 0.4) is 0 Å². The molecule has 0 bridgehead atoms. The molecular formula is C19H22BrN3O2S. The highest BCUT2D eigenvalue weighted by Crippen LogP contribution is 2.23. The van der Waals surface area contributed by atoms with Gasteiger partial charge in [0, 0.05) is 11.4 Å². The summed E-state index contributed by atoms with van der Waals surface area (Å²) in [6.07, 6.45) is 1.99. The predicted octanol–water partition coefficient (Wildman–Crippen LogP) is 2.69. The van der Waals surface area contributed by atoms with E-state index in [9.17, 15) is 9.59 Å². The van der Waals surface area contributed by atoms with E-state index in [4.69, 9.17) is 5.73 Å². The number of nitrogens with one attached hydrogen (secondary N) is 1. The van der Waals surface area contributed by atoms with Crippen molar-refractivity contribution in [2.24, 2.45) is 5.73 Å². The van der Waals surface area contributed by atoms with E-state index in [1.54, 1.807) is 16.2 Å². The van der Waals surface area contributed by atoms with Gasteiger partial charge in [-0.2, -0.15) is 0 Å². The molecule has 0 spiro atoms. The summed E-state index contributed by atoms with van der Waals surface area (Å²) in [5, 5.41) is 2.94. The lowest BCUT2D eigenvalue weighted by molar-refractivity contribution is -0.139. The summed E-state index contributed by atoms with van der Waals surface area (Å²) >= 11 is 5.00. The van der Waals surface area contributed by atoms with Gasteiger partial charge >= 0.3 is 0 Å². The van der Waals surface area contributed by atoms with Crippen LogP contribution in [0.1, 0.15) is 23.3 Å². The van der Waals surface area contributed by atoms with Crippen LogP contribution in [0.15, 0.2) is 46.3 Å². The number of thiophene rings is 1. The van der Waals surface area contributed by atoms with Crippen LogP contribution in [0.5, 0.6) is 0 Å².